The summed E-state index contributed by atoms with van der Waals surface area (Å²) in [5.41, 5.74) is 5.34. The van der Waals surface area contributed by atoms with Gasteiger partial charge in [0.15, 0.2) is 0 Å². The Bertz CT molecular complexity index is 1700. The number of nitrogens with one attached hydrogen (secondary N) is 1. The molecule has 0 bridgehead atoms. The summed E-state index contributed by atoms with van der Waals surface area (Å²) in [6.45, 7) is 0.616. The number of carbonyl (C=O) groups excluding carboxylic acids is 1. The molecule has 38 heavy (non-hydrogen) atoms. The molecule has 186 valence electrons. The van der Waals surface area contributed by atoms with Crippen molar-refractivity contribution in [1.82, 2.24) is 14.3 Å². The molecule has 1 N–H and O–H groups in total. The number of fused-ring (bicyclic) bond motifs is 1. The van der Waals surface area contributed by atoms with E-state index in [2.05, 4.69) is 45.7 Å². The maximum absolute atomic E-state index is 13.0. The monoisotopic (exact) mass is 547 g/mol. The van der Waals surface area contributed by atoms with Crippen LogP contribution in [-0.2, 0) is 16.6 Å². The molecule has 5 aromatic rings. The van der Waals surface area contributed by atoms with Gasteiger partial charge in [-0.3, -0.25) is 4.79 Å². The predicted octanol–water partition coefficient (Wildman–Crippen LogP) is 5.10. The van der Waals surface area contributed by atoms with Gasteiger partial charge in [0.2, 0.25) is 0 Å². The molecule has 4 aromatic carbocycles. The van der Waals surface area contributed by atoms with Gasteiger partial charge >= 0.3 is 51.4 Å². The first-order chi connectivity index (χ1) is 18.0. The van der Waals surface area contributed by atoms with E-state index >= 15 is 0 Å². The van der Waals surface area contributed by atoms with Crippen LogP contribution in [0.2, 0.25) is 0 Å². The van der Waals surface area contributed by atoms with Crippen LogP contribution < -0.4 is 4.72 Å². The van der Waals surface area contributed by atoms with Gasteiger partial charge in [0, 0.05) is 18.0 Å². The molecule has 1 amide bonds. The molecule has 0 aliphatic heterocycles. The van der Waals surface area contributed by atoms with Crippen molar-refractivity contribution in [1.29, 1.82) is 0 Å². The summed E-state index contributed by atoms with van der Waals surface area (Å²) in [4.78, 5) is 17.9. The van der Waals surface area contributed by atoms with Crippen LogP contribution in [0.1, 0.15) is 40.5 Å². The van der Waals surface area contributed by atoms with Crippen LogP contribution in [0.4, 0.5) is 0 Å². The number of rotatable bonds is 7. The molecular formula is C30H26KN3O3S. The van der Waals surface area contributed by atoms with Crippen molar-refractivity contribution >= 4 is 78.3 Å². The van der Waals surface area contributed by atoms with Crippen LogP contribution >= 0.6 is 0 Å². The second-order valence-electron chi connectivity index (χ2n) is 9.34. The summed E-state index contributed by atoms with van der Waals surface area (Å²) >= 11 is 0. The molecule has 0 atom stereocenters. The Morgan fingerprint density at radius 1 is 0.842 bits per heavy atom. The van der Waals surface area contributed by atoms with Gasteiger partial charge in [0.05, 0.1) is 15.9 Å². The number of sulfonamides is 1. The number of imidazole rings is 1. The second kappa shape index (κ2) is 11.3. The van der Waals surface area contributed by atoms with Crippen molar-refractivity contribution in [3.63, 3.8) is 0 Å². The number of amides is 1. The van der Waals surface area contributed by atoms with Gasteiger partial charge in [-0.15, -0.1) is 0 Å². The number of benzene rings is 4. The van der Waals surface area contributed by atoms with Crippen LogP contribution in [0.15, 0.2) is 108 Å². The van der Waals surface area contributed by atoms with Crippen LogP contribution in [0.25, 0.3) is 22.2 Å². The van der Waals surface area contributed by atoms with Crippen molar-refractivity contribution in [2.24, 2.45) is 0 Å². The molecule has 0 saturated heterocycles. The first-order valence-electron chi connectivity index (χ1n) is 12.2. The fourth-order valence-electron chi connectivity index (χ4n) is 4.56. The van der Waals surface area contributed by atoms with Crippen molar-refractivity contribution in [2.75, 3.05) is 0 Å². The Balaban J connectivity index is 0.00000294. The van der Waals surface area contributed by atoms with Gasteiger partial charge in [-0.1, -0.05) is 72.8 Å². The van der Waals surface area contributed by atoms with E-state index in [0.29, 0.717) is 12.5 Å². The average Bonchev–Trinajstić information content (AvgIpc) is 3.72. The Hall–Kier alpha value is -2.59. The zero-order valence-electron chi connectivity index (χ0n) is 20.0. The number of hydrogen-bond acceptors (Lipinski definition) is 4. The maximum atomic E-state index is 13.0. The number of aromatic nitrogens is 2. The normalized spacial score (nSPS) is 13.2. The van der Waals surface area contributed by atoms with E-state index in [1.165, 1.54) is 17.7 Å². The molecule has 0 unspecified atom stereocenters. The molecule has 0 radical (unpaired) electrons. The molecule has 8 heteroatoms. The molecule has 1 saturated carbocycles. The van der Waals surface area contributed by atoms with E-state index in [9.17, 15) is 13.2 Å². The van der Waals surface area contributed by atoms with Crippen LogP contribution in [0.5, 0.6) is 0 Å². The van der Waals surface area contributed by atoms with E-state index in [4.69, 9.17) is 4.98 Å². The SMILES string of the molecule is O=C(NS(=O)(=O)c1ccccc1)c1ccc2nc(C3CC3)n(Cc3ccc(-c4ccccc4)cc3)c2c1.[KH]. The van der Waals surface area contributed by atoms with Crippen LogP contribution in [-0.4, -0.2) is 75.3 Å². The Kier molecular flexibility index (Phi) is 8.00. The van der Waals surface area contributed by atoms with Gasteiger partial charge in [-0.05, 0) is 59.9 Å². The van der Waals surface area contributed by atoms with Gasteiger partial charge in [-0.25, -0.2) is 18.1 Å². The predicted molar refractivity (Wildman–Crippen MR) is 151 cm³/mol. The topological polar surface area (TPSA) is 81.1 Å². The van der Waals surface area contributed by atoms with Gasteiger partial charge < -0.3 is 4.57 Å². The standard InChI is InChI=1S/C30H25N3O3S.K.H/c34-30(32-37(35,36)26-9-5-2-6-10-26)25-17-18-27-28(19-25)33(29(31-27)24-15-16-24)20-21-11-13-23(14-12-21)22-7-3-1-4-8-22;;/h1-14,17-19,24H,15-16,20H2,(H,32,34);;. The third-order valence-electron chi connectivity index (χ3n) is 6.66. The zero-order valence-corrected chi connectivity index (χ0v) is 20.9. The van der Waals surface area contributed by atoms with Gasteiger partial charge in [0.1, 0.15) is 5.82 Å². The Labute approximate surface area is 264 Å². The molecule has 1 heterocycles. The molecule has 1 aromatic heterocycles. The van der Waals surface area contributed by atoms with Crippen LogP contribution in [0, 0.1) is 0 Å². The van der Waals surface area contributed by atoms with E-state index in [1.807, 2.05) is 18.2 Å². The molecule has 1 aliphatic rings. The summed E-state index contributed by atoms with van der Waals surface area (Å²) in [6, 6.07) is 31.8. The summed E-state index contributed by atoms with van der Waals surface area (Å²) in [5, 5.41) is 0. The molecular weight excluding hydrogens is 522 g/mol. The average molecular weight is 548 g/mol. The van der Waals surface area contributed by atoms with Crippen molar-refractivity contribution in [3.8, 4) is 11.1 Å². The number of nitrogens with zero attached hydrogens (tertiary/aromatic N) is 2. The van der Waals surface area contributed by atoms with Crippen LogP contribution in [0.3, 0.4) is 0 Å². The third kappa shape index (κ3) is 5.71. The molecule has 6 rings (SSSR count). The third-order valence-corrected chi connectivity index (χ3v) is 8.01. The first-order valence-corrected chi connectivity index (χ1v) is 13.7. The van der Waals surface area contributed by atoms with Crippen molar-refractivity contribution in [3.05, 3.63) is 120 Å². The molecule has 6 nitrogen and oxygen atoms in total. The Morgan fingerprint density at radius 2 is 1.47 bits per heavy atom. The van der Waals surface area contributed by atoms with E-state index < -0.39 is 15.9 Å². The Morgan fingerprint density at radius 3 is 2.13 bits per heavy atom. The fraction of sp³-hybridized carbons (Fsp3) is 0.133. The molecule has 1 aliphatic carbocycles. The van der Waals surface area contributed by atoms with Gasteiger partial charge in [-0.2, -0.15) is 0 Å². The van der Waals surface area contributed by atoms with E-state index in [1.54, 1.807) is 36.4 Å². The summed E-state index contributed by atoms with van der Waals surface area (Å²) in [7, 11) is -3.97. The van der Waals surface area contributed by atoms with E-state index in [-0.39, 0.29) is 61.8 Å². The molecule has 1 fully saturated rings. The minimum absolute atomic E-state index is 0. The van der Waals surface area contributed by atoms with Crippen molar-refractivity contribution in [2.45, 2.75) is 30.2 Å². The summed E-state index contributed by atoms with van der Waals surface area (Å²) < 4.78 is 29.7. The molecule has 0 spiro atoms. The summed E-state index contributed by atoms with van der Waals surface area (Å²) in [5.74, 6) is 0.752. The number of carbonyl (C=O) groups is 1. The first kappa shape index (κ1) is 27.0. The quantitative estimate of drug-likeness (QED) is 0.288. The minimum atomic E-state index is -3.97. The number of hydrogen-bond donors (Lipinski definition) is 1. The summed E-state index contributed by atoms with van der Waals surface area (Å²) in [6.07, 6.45) is 2.19. The second-order valence-corrected chi connectivity index (χ2v) is 11.0. The zero-order chi connectivity index (χ0) is 25.4. The fourth-order valence-corrected chi connectivity index (χ4v) is 5.55. The van der Waals surface area contributed by atoms with Gasteiger partial charge in [0.25, 0.3) is 15.9 Å². The van der Waals surface area contributed by atoms with E-state index in [0.717, 1.165) is 40.8 Å². The van der Waals surface area contributed by atoms with Crippen molar-refractivity contribution < 1.29 is 13.2 Å².